The highest BCUT2D eigenvalue weighted by molar-refractivity contribution is 5.48. The Balaban J connectivity index is 2.23. The summed E-state index contributed by atoms with van der Waals surface area (Å²) in [4.78, 5) is 2.28. The Hall–Kier alpha value is -1.09. The summed E-state index contributed by atoms with van der Waals surface area (Å²) in [5.74, 6) is 1.24. The molecule has 2 rings (SSSR count). The lowest BCUT2D eigenvalue weighted by atomic mass is 9.71. The Kier molecular flexibility index (Phi) is 4.69. The largest absolute Gasteiger partial charge is 0.368 e. The van der Waals surface area contributed by atoms with E-state index in [1.54, 1.807) is 0 Å². The van der Waals surface area contributed by atoms with Crippen molar-refractivity contribution in [3.63, 3.8) is 0 Å². The van der Waals surface area contributed by atoms with Gasteiger partial charge in [-0.3, -0.25) is 0 Å². The Morgan fingerprint density at radius 2 is 2.00 bits per heavy atom. The van der Waals surface area contributed by atoms with E-state index in [2.05, 4.69) is 25.8 Å². The molecule has 0 bridgehead atoms. The standard InChI is InChI=1S/C17H27FN2/c1-13(2)14-5-4-10-17(11-14,12-19)20(3)16-8-6-15(18)7-9-16/h6-9,13-14H,4-5,10-12,19H2,1-3H3. The Morgan fingerprint density at radius 1 is 1.35 bits per heavy atom. The fraction of sp³-hybridized carbons (Fsp3) is 0.647. The predicted molar refractivity (Wildman–Crippen MR) is 83.4 cm³/mol. The molecule has 2 N–H and O–H groups in total. The second-order valence-electron chi connectivity index (χ2n) is 6.56. The van der Waals surface area contributed by atoms with Crippen LogP contribution in [0.5, 0.6) is 0 Å². The predicted octanol–water partition coefficient (Wildman–Crippen LogP) is 3.81. The first-order chi connectivity index (χ1) is 9.48. The van der Waals surface area contributed by atoms with Gasteiger partial charge in [0.1, 0.15) is 5.82 Å². The van der Waals surface area contributed by atoms with E-state index in [9.17, 15) is 4.39 Å². The van der Waals surface area contributed by atoms with E-state index in [1.165, 1.54) is 25.0 Å². The molecule has 1 aromatic carbocycles. The van der Waals surface area contributed by atoms with Gasteiger partial charge in [-0.15, -0.1) is 0 Å². The molecular weight excluding hydrogens is 251 g/mol. The summed E-state index contributed by atoms with van der Waals surface area (Å²) in [7, 11) is 2.10. The summed E-state index contributed by atoms with van der Waals surface area (Å²) < 4.78 is 13.1. The highest BCUT2D eigenvalue weighted by atomic mass is 19.1. The molecule has 0 aliphatic heterocycles. The maximum atomic E-state index is 13.1. The number of anilines is 1. The number of hydrogen-bond acceptors (Lipinski definition) is 2. The third-order valence-corrected chi connectivity index (χ3v) is 5.11. The van der Waals surface area contributed by atoms with Crippen molar-refractivity contribution in [2.75, 3.05) is 18.5 Å². The molecule has 0 amide bonds. The summed E-state index contributed by atoms with van der Waals surface area (Å²) in [5.41, 5.74) is 7.23. The Labute approximate surface area is 122 Å². The van der Waals surface area contributed by atoms with Crippen molar-refractivity contribution >= 4 is 5.69 Å². The Bertz CT molecular complexity index is 429. The van der Waals surface area contributed by atoms with Gasteiger partial charge >= 0.3 is 0 Å². The van der Waals surface area contributed by atoms with Gasteiger partial charge in [-0.2, -0.15) is 0 Å². The van der Waals surface area contributed by atoms with Crippen LogP contribution in [0.3, 0.4) is 0 Å². The van der Waals surface area contributed by atoms with E-state index in [0.29, 0.717) is 12.5 Å². The molecule has 1 aromatic rings. The number of benzene rings is 1. The van der Waals surface area contributed by atoms with Crippen LogP contribution < -0.4 is 10.6 Å². The van der Waals surface area contributed by atoms with Gasteiger partial charge in [0.2, 0.25) is 0 Å². The summed E-state index contributed by atoms with van der Waals surface area (Å²) in [5, 5.41) is 0. The highest BCUT2D eigenvalue weighted by Crippen LogP contribution is 2.40. The lowest BCUT2D eigenvalue weighted by Gasteiger charge is -2.48. The topological polar surface area (TPSA) is 29.3 Å². The van der Waals surface area contributed by atoms with Gasteiger partial charge in [-0.25, -0.2) is 4.39 Å². The van der Waals surface area contributed by atoms with Crippen LogP contribution in [0.25, 0.3) is 0 Å². The van der Waals surface area contributed by atoms with Gasteiger partial charge in [0.05, 0.1) is 5.54 Å². The Morgan fingerprint density at radius 3 is 2.55 bits per heavy atom. The molecule has 2 atom stereocenters. The lowest BCUT2D eigenvalue weighted by Crippen LogP contribution is -2.55. The average Bonchev–Trinajstić information content (AvgIpc) is 2.47. The monoisotopic (exact) mass is 278 g/mol. The van der Waals surface area contributed by atoms with Crippen molar-refractivity contribution in [2.45, 2.75) is 45.1 Å². The van der Waals surface area contributed by atoms with Crippen molar-refractivity contribution in [1.82, 2.24) is 0 Å². The molecule has 2 nitrogen and oxygen atoms in total. The van der Waals surface area contributed by atoms with Crippen LogP contribution >= 0.6 is 0 Å². The van der Waals surface area contributed by atoms with E-state index in [4.69, 9.17) is 5.73 Å². The van der Waals surface area contributed by atoms with Crippen molar-refractivity contribution in [3.8, 4) is 0 Å². The van der Waals surface area contributed by atoms with Crippen LogP contribution in [0.2, 0.25) is 0 Å². The molecule has 1 saturated carbocycles. The summed E-state index contributed by atoms with van der Waals surface area (Å²) in [6.45, 7) is 5.26. The zero-order valence-electron chi connectivity index (χ0n) is 12.9. The maximum absolute atomic E-state index is 13.1. The third kappa shape index (κ3) is 2.98. The number of likely N-dealkylation sites (N-methyl/N-ethyl adjacent to an activating group) is 1. The minimum atomic E-state index is -0.187. The molecule has 112 valence electrons. The second kappa shape index (κ2) is 6.13. The lowest BCUT2D eigenvalue weighted by molar-refractivity contribution is 0.183. The molecule has 1 aliphatic carbocycles. The van der Waals surface area contributed by atoms with Gasteiger partial charge in [0.25, 0.3) is 0 Å². The van der Waals surface area contributed by atoms with Crippen LogP contribution in [-0.4, -0.2) is 19.1 Å². The maximum Gasteiger partial charge on any atom is 0.123 e. The van der Waals surface area contributed by atoms with Crippen LogP contribution in [-0.2, 0) is 0 Å². The second-order valence-corrected chi connectivity index (χ2v) is 6.56. The molecule has 1 aliphatic rings. The number of rotatable bonds is 4. The molecule has 3 heteroatoms. The van der Waals surface area contributed by atoms with Gasteiger partial charge < -0.3 is 10.6 Å². The van der Waals surface area contributed by atoms with E-state index < -0.39 is 0 Å². The average molecular weight is 278 g/mol. The van der Waals surface area contributed by atoms with E-state index in [1.807, 2.05) is 12.1 Å². The first kappa shape index (κ1) is 15.3. The zero-order valence-corrected chi connectivity index (χ0v) is 12.9. The van der Waals surface area contributed by atoms with Crippen molar-refractivity contribution in [1.29, 1.82) is 0 Å². The molecule has 0 spiro atoms. The van der Waals surface area contributed by atoms with Crippen LogP contribution in [0, 0.1) is 17.7 Å². The molecule has 2 unspecified atom stereocenters. The minimum Gasteiger partial charge on any atom is -0.368 e. The summed E-state index contributed by atoms with van der Waals surface area (Å²) in [6, 6.07) is 6.76. The quantitative estimate of drug-likeness (QED) is 0.907. The van der Waals surface area contributed by atoms with Crippen molar-refractivity contribution < 1.29 is 4.39 Å². The normalized spacial score (nSPS) is 26.8. The van der Waals surface area contributed by atoms with Crippen molar-refractivity contribution in [2.24, 2.45) is 17.6 Å². The molecular formula is C17H27FN2. The molecule has 0 heterocycles. The summed E-state index contributed by atoms with van der Waals surface area (Å²) >= 11 is 0. The molecule has 1 fully saturated rings. The third-order valence-electron chi connectivity index (χ3n) is 5.11. The number of halogens is 1. The fourth-order valence-electron chi connectivity index (χ4n) is 3.52. The zero-order chi connectivity index (χ0) is 14.8. The highest BCUT2D eigenvalue weighted by Gasteiger charge is 2.39. The van der Waals surface area contributed by atoms with Gasteiger partial charge in [-0.1, -0.05) is 26.7 Å². The van der Waals surface area contributed by atoms with E-state index in [0.717, 1.165) is 24.4 Å². The number of hydrogen-bond donors (Lipinski definition) is 1. The van der Waals surface area contributed by atoms with Gasteiger partial charge in [-0.05, 0) is 48.9 Å². The van der Waals surface area contributed by atoms with Crippen molar-refractivity contribution in [3.05, 3.63) is 30.1 Å². The van der Waals surface area contributed by atoms with E-state index >= 15 is 0 Å². The van der Waals surface area contributed by atoms with Crippen LogP contribution in [0.1, 0.15) is 39.5 Å². The number of nitrogens with zero attached hydrogens (tertiary/aromatic N) is 1. The number of nitrogens with two attached hydrogens (primary N) is 1. The SMILES string of the molecule is CC(C)C1CCCC(CN)(N(C)c2ccc(F)cc2)C1. The first-order valence-corrected chi connectivity index (χ1v) is 7.68. The fourth-order valence-corrected chi connectivity index (χ4v) is 3.52. The molecule has 0 saturated heterocycles. The molecule has 20 heavy (non-hydrogen) atoms. The smallest absolute Gasteiger partial charge is 0.123 e. The molecule has 0 aromatic heterocycles. The van der Waals surface area contributed by atoms with Crippen LogP contribution in [0.15, 0.2) is 24.3 Å². The minimum absolute atomic E-state index is 0.0189. The van der Waals surface area contributed by atoms with Gasteiger partial charge in [0.15, 0.2) is 0 Å². The first-order valence-electron chi connectivity index (χ1n) is 7.68. The van der Waals surface area contributed by atoms with Crippen LogP contribution in [0.4, 0.5) is 10.1 Å². The van der Waals surface area contributed by atoms with Gasteiger partial charge in [0, 0.05) is 19.3 Å². The molecule has 0 radical (unpaired) electrons. The summed E-state index contributed by atoms with van der Waals surface area (Å²) in [6.07, 6.45) is 4.79. The van der Waals surface area contributed by atoms with E-state index in [-0.39, 0.29) is 11.4 Å².